The van der Waals surface area contributed by atoms with Crippen LogP contribution in [0, 0.1) is 13.8 Å². The number of nitrogen functional groups attached to an aromatic ring is 1. The summed E-state index contributed by atoms with van der Waals surface area (Å²) in [4.78, 5) is 0. The van der Waals surface area contributed by atoms with E-state index in [-0.39, 0.29) is 5.69 Å². The van der Waals surface area contributed by atoms with Crippen LogP contribution < -0.4 is 11.1 Å². The number of halogens is 3. The van der Waals surface area contributed by atoms with Crippen molar-refractivity contribution < 1.29 is 13.2 Å². The van der Waals surface area contributed by atoms with Crippen molar-refractivity contribution in [3.8, 4) is 0 Å². The molecule has 2 nitrogen and oxygen atoms in total. The van der Waals surface area contributed by atoms with Crippen LogP contribution in [0.25, 0.3) is 0 Å². The molecule has 0 saturated heterocycles. The first-order valence-electron chi connectivity index (χ1n) is 6.08. The van der Waals surface area contributed by atoms with Gasteiger partial charge in [0.2, 0.25) is 0 Å². The number of alkyl halides is 3. The molecular formula is C15H15F3N2. The Morgan fingerprint density at radius 2 is 1.60 bits per heavy atom. The van der Waals surface area contributed by atoms with Crippen LogP contribution in [0.3, 0.4) is 0 Å². The van der Waals surface area contributed by atoms with E-state index in [0.717, 1.165) is 28.9 Å². The van der Waals surface area contributed by atoms with Crippen molar-refractivity contribution >= 4 is 17.1 Å². The summed E-state index contributed by atoms with van der Waals surface area (Å²) < 4.78 is 37.7. The van der Waals surface area contributed by atoms with Gasteiger partial charge in [-0.15, -0.1) is 0 Å². The lowest BCUT2D eigenvalue weighted by Gasteiger charge is -2.14. The highest BCUT2D eigenvalue weighted by atomic mass is 19.4. The largest absolute Gasteiger partial charge is 0.416 e. The highest BCUT2D eigenvalue weighted by molar-refractivity contribution is 5.74. The molecule has 0 aliphatic carbocycles. The van der Waals surface area contributed by atoms with Crippen LogP contribution in [-0.2, 0) is 6.18 Å². The van der Waals surface area contributed by atoms with Gasteiger partial charge in [-0.05, 0) is 43.7 Å². The Kier molecular flexibility index (Phi) is 3.61. The standard InChI is InChI=1S/C15H15F3N2/c1-9-3-5-13(10(2)7-9)20-14-6-4-11(8-12(14)19)15(16,17)18/h3-8,20H,19H2,1-2H3. The van der Waals surface area contributed by atoms with Crippen LogP contribution in [-0.4, -0.2) is 0 Å². The predicted molar refractivity (Wildman–Crippen MR) is 75.1 cm³/mol. The lowest BCUT2D eigenvalue weighted by atomic mass is 10.1. The van der Waals surface area contributed by atoms with Crippen molar-refractivity contribution in [1.82, 2.24) is 0 Å². The zero-order valence-electron chi connectivity index (χ0n) is 11.2. The third-order valence-corrected chi connectivity index (χ3v) is 3.03. The highest BCUT2D eigenvalue weighted by Crippen LogP contribution is 2.34. The van der Waals surface area contributed by atoms with Crippen molar-refractivity contribution in [2.45, 2.75) is 20.0 Å². The first-order valence-corrected chi connectivity index (χ1v) is 6.08. The molecule has 0 amide bonds. The Balaban J connectivity index is 2.30. The van der Waals surface area contributed by atoms with Gasteiger partial charge in [-0.1, -0.05) is 17.7 Å². The first kappa shape index (κ1) is 14.2. The second-order valence-electron chi connectivity index (χ2n) is 4.74. The molecule has 0 bridgehead atoms. The molecule has 0 saturated carbocycles. The average molecular weight is 280 g/mol. The van der Waals surface area contributed by atoms with E-state index in [4.69, 9.17) is 5.73 Å². The number of aryl methyl sites for hydroxylation is 2. The molecule has 2 rings (SSSR count). The normalized spacial score (nSPS) is 11.4. The Morgan fingerprint density at radius 1 is 0.950 bits per heavy atom. The lowest BCUT2D eigenvalue weighted by Crippen LogP contribution is -2.07. The van der Waals surface area contributed by atoms with E-state index in [1.54, 1.807) is 0 Å². The zero-order chi connectivity index (χ0) is 14.9. The molecule has 0 heterocycles. The maximum atomic E-state index is 12.6. The maximum absolute atomic E-state index is 12.6. The number of anilines is 3. The molecule has 2 aromatic rings. The Labute approximate surface area is 115 Å². The quantitative estimate of drug-likeness (QED) is 0.786. The summed E-state index contributed by atoms with van der Waals surface area (Å²) >= 11 is 0. The molecule has 3 N–H and O–H groups in total. The maximum Gasteiger partial charge on any atom is 0.416 e. The second kappa shape index (κ2) is 5.07. The Hall–Kier alpha value is -2.17. The smallest absolute Gasteiger partial charge is 0.397 e. The summed E-state index contributed by atoms with van der Waals surface area (Å²) in [6, 6.07) is 9.09. The topological polar surface area (TPSA) is 38.0 Å². The van der Waals surface area contributed by atoms with Gasteiger partial charge < -0.3 is 11.1 Å². The van der Waals surface area contributed by atoms with E-state index in [1.807, 2.05) is 32.0 Å². The van der Waals surface area contributed by atoms with Crippen molar-refractivity contribution in [3.63, 3.8) is 0 Å². The number of hydrogen-bond donors (Lipinski definition) is 2. The molecule has 20 heavy (non-hydrogen) atoms. The van der Waals surface area contributed by atoms with Crippen molar-refractivity contribution in [3.05, 3.63) is 53.1 Å². The van der Waals surface area contributed by atoms with E-state index in [9.17, 15) is 13.2 Å². The molecular weight excluding hydrogens is 265 g/mol. The Bertz CT molecular complexity index is 634. The highest BCUT2D eigenvalue weighted by Gasteiger charge is 2.30. The van der Waals surface area contributed by atoms with Gasteiger partial charge >= 0.3 is 6.18 Å². The molecule has 0 aliphatic rings. The fourth-order valence-corrected chi connectivity index (χ4v) is 1.95. The lowest BCUT2D eigenvalue weighted by molar-refractivity contribution is -0.137. The Morgan fingerprint density at radius 3 is 2.15 bits per heavy atom. The van der Waals surface area contributed by atoms with Crippen LogP contribution in [0.4, 0.5) is 30.2 Å². The molecule has 5 heteroatoms. The summed E-state index contributed by atoms with van der Waals surface area (Å²) in [6.07, 6.45) is -4.38. The monoisotopic (exact) mass is 280 g/mol. The van der Waals surface area contributed by atoms with E-state index in [0.29, 0.717) is 5.69 Å². The first-order chi connectivity index (χ1) is 9.27. The van der Waals surface area contributed by atoms with Crippen molar-refractivity contribution in [1.29, 1.82) is 0 Å². The van der Waals surface area contributed by atoms with Crippen LogP contribution in [0.5, 0.6) is 0 Å². The van der Waals surface area contributed by atoms with Gasteiger partial charge in [-0.2, -0.15) is 13.2 Å². The van der Waals surface area contributed by atoms with E-state index in [2.05, 4.69) is 5.32 Å². The van der Waals surface area contributed by atoms with Gasteiger partial charge in [0.1, 0.15) is 0 Å². The van der Waals surface area contributed by atoms with Gasteiger partial charge in [0.05, 0.1) is 16.9 Å². The number of hydrogen-bond acceptors (Lipinski definition) is 2. The molecule has 0 radical (unpaired) electrons. The molecule has 0 atom stereocenters. The molecule has 106 valence electrons. The van der Waals surface area contributed by atoms with E-state index >= 15 is 0 Å². The number of benzene rings is 2. The molecule has 0 aliphatic heterocycles. The zero-order valence-corrected chi connectivity index (χ0v) is 11.2. The summed E-state index contributed by atoms with van der Waals surface area (Å²) in [5, 5.41) is 3.05. The van der Waals surface area contributed by atoms with Gasteiger partial charge in [0.15, 0.2) is 0 Å². The summed E-state index contributed by atoms with van der Waals surface area (Å²) in [5.74, 6) is 0. The molecule has 0 spiro atoms. The average Bonchev–Trinajstić information content (AvgIpc) is 2.33. The number of nitrogens with two attached hydrogens (primary N) is 1. The fourth-order valence-electron chi connectivity index (χ4n) is 1.95. The summed E-state index contributed by atoms with van der Waals surface area (Å²) in [7, 11) is 0. The van der Waals surface area contributed by atoms with Crippen LogP contribution in [0.15, 0.2) is 36.4 Å². The minimum Gasteiger partial charge on any atom is -0.397 e. The fraction of sp³-hybridized carbons (Fsp3) is 0.200. The molecule has 0 fully saturated rings. The SMILES string of the molecule is Cc1ccc(Nc2ccc(C(F)(F)F)cc2N)c(C)c1. The van der Waals surface area contributed by atoms with E-state index in [1.165, 1.54) is 6.07 Å². The van der Waals surface area contributed by atoms with Gasteiger partial charge in [0.25, 0.3) is 0 Å². The third kappa shape index (κ3) is 3.04. The van der Waals surface area contributed by atoms with Crippen LogP contribution in [0.2, 0.25) is 0 Å². The van der Waals surface area contributed by atoms with E-state index < -0.39 is 11.7 Å². The van der Waals surface area contributed by atoms with Gasteiger partial charge in [0, 0.05) is 5.69 Å². The predicted octanol–water partition coefficient (Wildman–Crippen LogP) is 4.65. The molecule has 0 unspecified atom stereocenters. The van der Waals surface area contributed by atoms with Crippen molar-refractivity contribution in [2.24, 2.45) is 0 Å². The number of nitrogens with one attached hydrogen (secondary N) is 1. The van der Waals surface area contributed by atoms with Gasteiger partial charge in [-0.3, -0.25) is 0 Å². The minimum absolute atomic E-state index is 0.0693. The summed E-state index contributed by atoms with van der Waals surface area (Å²) in [5.41, 5.74) is 8.41. The van der Waals surface area contributed by atoms with Crippen molar-refractivity contribution in [2.75, 3.05) is 11.1 Å². The molecule has 0 aromatic heterocycles. The summed E-state index contributed by atoms with van der Waals surface area (Å²) in [6.45, 7) is 3.90. The van der Waals surface area contributed by atoms with Crippen LogP contribution in [0.1, 0.15) is 16.7 Å². The van der Waals surface area contributed by atoms with Crippen LogP contribution >= 0.6 is 0 Å². The minimum atomic E-state index is -4.38. The van der Waals surface area contributed by atoms with Gasteiger partial charge in [-0.25, -0.2) is 0 Å². The third-order valence-electron chi connectivity index (χ3n) is 3.03. The second-order valence-corrected chi connectivity index (χ2v) is 4.74. The molecule has 2 aromatic carbocycles. The number of rotatable bonds is 2.